The highest BCUT2D eigenvalue weighted by atomic mass is 16.5. The smallest absolute Gasteiger partial charge is 0.251 e. The van der Waals surface area contributed by atoms with Crippen molar-refractivity contribution < 1.29 is 9.53 Å². The third kappa shape index (κ3) is 3.88. The van der Waals surface area contributed by atoms with Crippen LogP contribution in [0, 0.1) is 5.92 Å². The molecule has 0 bridgehead atoms. The summed E-state index contributed by atoms with van der Waals surface area (Å²) in [5.41, 5.74) is 6.88. The highest BCUT2D eigenvalue weighted by molar-refractivity contribution is 5.95. The number of benzene rings is 1. The number of anilines is 1. The second kappa shape index (κ2) is 6.80. The second-order valence-electron chi connectivity index (χ2n) is 5.91. The number of carbonyl (C=O) groups is 1. The van der Waals surface area contributed by atoms with Crippen LogP contribution < -0.4 is 15.8 Å². The zero-order valence-electron chi connectivity index (χ0n) is 13.1. The zero-order chi connectivity index (χ0) is 15.4. The summed E-state index contributed by atoms with van der Waals surface area (Å²) in [4.78, 5) is 14.6. The summed E-state index contributed by atoms with van der Waals surface area (Å²) < 4.78 is 5.14. The van der Waals surface area contributed by atoms with Crippen LogP contribution in [0.4, 0.5) is 5.69 Å². The molecule has 3 N–H and O–H groups in total. The van der Waals surface area contributed by atoms with E-state index in [2.05, 4.69) is 24.1 Å². The molecular formula is C16H25N3O2. The summed E-state index contributed by atoms with van der Waals surface area (Å²) in [6.45, 7) is 7.31. The van der Waals surface area contributed by atoms with Crippen molar-refractivity contribution in [2.24, 2.45) is 5.92 Å². The van der Waals surface area contributed by atoms with Crippen LogP contribution in [0.15, 0.2) is 18.2 Å². The van der Waals surface area contributed by atoms with Crippen LogP contribution in [0.3, 0.4) is 0 Å². The SMILES string of the molecule is COc1cc(C(=O)NCC2CCN(C(C)C)C2)ccc1N. The van der Waals surface area contributed by atoms with E-state index in [1.807, 2.05) is 0 Å². The number of nitrogens with zero attached hydrogens (tertiary/aromatic N) is 1. The number of hydrogen-bond acceptors (Lipinski definition) is 4. The largest absolute Gasteiger partial charge is 0.495 e. The van der Waals surface area contributed by atoms with Gasteiger partial charge in [-0.05, 0) is 50.9 Å². The molecule has 1 aromatic carbocycles. The number of amides is 1. The Balaban J connectivity index is 1.88. The van der Waals surface area contributed by atoms with E-state index in [1.165, 1.54) is 0 Å². The lowest BCUT2D eigenvalue weighted by Crippen LogP contribution is -2.33. The number of hydrogen-bond donors (Lipinski definition) is 2. The third-order valence-corrected chi connectivity index (χ3v) is 4.09. The molecule has 1 atom stereocenters. The van der Waals surface area contributed by atoms with Crippen LogP contribution in [0.1, 0.15) is 30.6 Å². The van der Waals surface area contributed by atoms with Gasteiger partial charge in [0.05, 0.1) is 12.8 Å². The van der Waals surface area contributed by atoms with Gasteiger partial charge in [-0.25, -0.2) is 0 Å². The van der Waals surface area contributed by atoms with Gasteiger partial charge in [-0.1, -0.05) is 0 Å². The molecule has 0 spiro atoms. The minimum atomic E-state index is -0.0729. The Morgan fingerprint density at radius 2 is 2.29 bits per heavy atom. The van der Waals surface area contributed by atoms with Crippen molar-refractivity contribution in [3.63, 3.8) is 0 Å². The Hall–Kier alpha value is -1.75. The lowest BCUT2D eigenvalue weighted by Gasteiger charge is -2.20. The van der Waals surface area contributed by atoms with Crippen molar-refractivity contribution in [3.8, 4) is 5.75 Å². The fourth-order valence-corrected chi connectivity index (χ4v) is 2.69. The molecule has 2 rings (SSSR count). The van der Waals surface area contributed by atoms with Gasteiger partial charge in [0, 0.05) is 24.7 Å². The van der Waals surface area contributed by atoms with Gasteiger partial charge in [-0.3, -0.25) is 4.79 Å². The molecule has 1 aliphatic rings. The van der Waals surface area contributed by atoms with E-state index in [0.29, 0.717) is 29.0 Å². The lowest BCUT2D eigenvalue weighted by molar-refractivity contribution is 0.0947. The highest BCUT2D eigenvalue weighted by Gasteiger charge is 2.24. The van der Waals surface area contributed by atoms with Gasteiger partial charge < -0.3 is 20.7 Å². The van der Waals surface area contributed by atoms with E-state index in [4.69, 9.17) is 10.5 Å². The molecule has 1 fully saturated rings. The topological polar surface area (TPSA) is 67.6 Å². The molecular weight excluding hydrogens is 266 g/mol. The number of carbonyl (C=O) groups excluding carboxylic acids is 1. The Bertz CT molecular complexity index is 502. The van der Waals surface area contributed by atoms with Crippen molar-refractivity contribution in [1.82, 2.24) is 10.2 Å². The quantitative estimate of drug-likeness (QED) is 0.811. The van der Waals surface area contributed by atoms with Crippen LogP contribution in [0.5, 0.6) is 5.75 Å². The molecule has 1 saturated heterocycles. The van der Waals surface area contributed by atoms with E-state index in [-0.39, 0.29) is 5.91 Å². The highest BCUT2D eigenvalue weighted by Crippen LogP contribution is 2.22. The molecule has 1 unspecified atom stereocenters. The van der Waals surface area contributed by atoms with Crippen LogP contribution in [0.2, 0.25) is 0 Å². The minimum Gasteiger partial charge on any atom is -0.495 e. The summed E-state index contributed by atoms with van der Waals surface area (Å²) in [5, 5.41) is 3.01. The molecule has 5 nitrogen and oxygen atoms in total. The summed E-state index contributed by atoms with van der Waals surface area (Å²) in [6, 6.07) is 5.68. The molecule has 21 heavy (non-hydrogen) atoms. The van der Waals surface area contributed by atoms with Gasteiger partial charge in [-0.2, -0.15) is 0 Å². The molecule has 1 amide bonds. The first-order valence-electron chi connectivity index (χ1n) is 7.47. The molecule has 1 heterocycles. The zero-order valence-corrected chi connectivity index (χ0v) is 13.1. The maximum absolute atomic E-state index is 12.2. The number of likely N-dealkylation sites (tertiary alicyclic amines) is 1. The van der Waals surface area contributed by atoms with Crippen molar-refractivity contribution in [2.45, 2.75) is 26.3 Å². The summed E-state index contributed by atoms with van der Waals surface area (Å²) in [7, 11) is 1.55. The normalized spacial score (nSPS) is 19.0. The number of nitrogens with two attached hydrogens (primary N) is 1. The van der Waals surface area contributed by atoms with Crippen molar-refractivity contribution in [2.75, 3.05) is 32.5 Å². The molecule has 0 aromatic heterocycles. The van der Waals surface area contributed by atoms with E-state index in [9.17, 15) is 4.79 Å². The van der Waals surface area contributed by atoms with Gasteiger partial charge in [0.25, 0.3) is 5.91 Å². The molecule has 5 heteroatoms. The number of nitrogen functional groups attached to an aromatic ring is 1. The van der Waals surface area contributed by atoms with E-state index in [0.717, 1.165) is 26.1 Å². The maximum atomic E-state index is 12.2. The number of rotatable bonds is 5. The Labute approximate surface area is 126 Å². The van der Waals surface area contributed by atoms with Crippen LogP contribution >= 0.6 is 0 Å². The lowest BCUT2D eigenvalue weighted by atomic mass is 10.1. The average molecular weight is 291 g/mol. The Morgan fingerprint density at radius 3 is 2.90 bits per heavy atom. The van der Waals surface area contributed by atoms with Crippen LogP contribution in [0.25, 0.3) is 0 Å². The fourth-order valence-electron chi connectivity index (χ4n) is 2.69. The molecule has 0 saturated carbocycles. The average Bonchev–Trinajstić information content (AvgIpc) is 2.94. The summed E-state index contributed by atoms with van der Waals surface area (Å²) >= 11 is 0. The van der Waals surface area contributed by atoms with Gasteiger partial charge >= 0.3 is 0 Å². The minimum absolute atomic E-state index is 0.0729. The standard InChI is InChI=1S/C16H25N3O2/c1-11(2)19-7-6-12(10-19)9-18-16(20)13-4-5-14(17)15(8-13)21-3/h4-5,8,11-12H,6-7,9-10,17H2,1-3H3,(H,18,20). The van der Waals surface area contributed by atoms with Gasteiger partial charge in [0.1, 0.15) is 5.75 Å². The van der Waals surface area contributed by atoms with E-state index < -0.39 is 0 Å². The van der Waals surface area contributed by atoms with Crippen LogP contribution in [-0.4, -0.2) is 43.6 Å². The second-order valence-corrected chi connectivity index (χ2v) is 5.91. The Kier molecular flexibility index (Phi) is 5.07. The van der Waals surface area contributed by atoms with Gasteiger partial charge in [-0.15, -0.1) is 0 Å². The van der Waals surface area contributed by atoms with Gasteiger partial charge in [0.15, 0.2) is 0 Å². The fraction of sp³-hybridized carbons (Fsp3) is 0.562. The molecule has 1 aromatic rings. The number of nitrogens with one attached hydrogen (secondary N) is 1. The van der Waals surface area contributed by atoms with Crippen molar-refractivity contribution in [1.29, 1.82) is 0 Å². The molecule has 0 aliphatic carbocycles. The first-order chi connectivity index (χ1) is 10.0. The van der Waals surface area contributed by atoms with Crippen molar-refractivity contribution in [3.05, 3.63) is 23.8 Å². The predicted molar refractivity (Wildman–Crippen MR) is 84.6 cm³/mol. The molecule has 116 valence electrons. The monoisotopic (exact) mass is 291 g/mol. The summed E-state index contributed by atoms with van der Waals surface area (Å²) in [6.07, 6.45) is 1.14. The molecule has 1 aliphatic heterocycles. The van der Waals surface area contributed by atoms with E-state index >= 15 is 0 Å². The summed E-state index contributed by atoms with van der Waals surface area (Å²) in [5.74, 6) is 0.998. The van der Waals surface area contributed by atoms with Crippen LogP contribution in [-0.2, 0) is 0 Å². The van der Waals surface area contributed by atoms with E-state index in [1.54, 1.807) is 25.3 Å². The first-order valence-corrected chi connectivity index (χ1v) is 7.47. The Morgan fingerprint density at radius 1 is 1.52 bits per heavy atom. The first kappa shape index (κ1) is 15.6. The number of ether oxygens (including phenoxy) is 1. The van der Waals surface area contributed by atoms with Crippen molar-refractivity contribution >= 4 is 11.6 Å². The third-order valence-electron chi connectivity index (χ3n) is 4.09. The maximum Gasteiger partial charge on any atom is 0.251 e. The molecule has 0 radical (unpaired) electrons. The number of methoxy groups -OCH3 is 1. The van der Waals surface area contributed by atoms with Gasteiger partial charge in [0.2, 0.25) is 0 Å². The predicted octanol–water partition coefficient (Wildman–Crippen LogP) is 1.74.